The zero-order chi connectivity index (χ0) is 22.8. The fourth-order valence-corrected chi connectivity index (χ4v) is 4.38. The summed E-state index contributed by atoms with van der Waals surface area (Å²) in [4.78, 5) is 26.8. The first-order chi connectivity index (χ1) is 15.3. The van der Waals surface area contributed by atoms with E-state index in [1.807, 2.05) is 33.8 Å². The van der Waals surface area contributed by atoms with E-state index in [0.29, 0.717) is 23.1 Å². The average Bonchev–Trinajstić information content (AvgIpc) is 3.28. The lowest BCUT2D eigenvalue weighted by atomic mass is 10.1. The molecular formula is C23H23FN6OS. The number of thiazole rings is 1. The second kappa shape index (κ2) is 8.96. The van der Waals surface area contributed by atoms with E-state index in [9.17, 15) is 9.18 Å². The number of nitrogens with one attached hydrogen (secondary N) is 1. The highest BCUT2D eigenvalue weighted by molar-refractivity contribution is 7.15. The van der Waals surface area contributed by atoms with Crippen LogP contribution in [0.1, 0.15) is 38.8 Å². The van der Waals surface area contributed by atoms with Gasteiger partial charge >= 0.3 is 0 Å². The minimum absolute atomic E-state index is 0.157. The van der Waals surface area contributed by atoms with Gasteiger partial charge in [-0.3, -0.25) is 4.79 Å². The van der Waals surface area contributed by atoms with Crippen LogP contribution in [0.4, 0.5) is 9.52 Å². The number of benzene rings is 1. The lowest BCUT2D eigenvalue weighted by Gasteiger charge is -2.06. The molecule has 1 N–H and O–H groups in total. The Morgan fingerprint density at radius 3 is 2.56 bits per heavy atom. The van der Waals surface area contributed by atoms with Gasteiger partial charge < -0.3 is 5.32 Å². The molecule has 32 heavy (non-hydrogen) atoms. The van der Waals surface area contributed by atoms with Gasteiger partial charge in [0, 0.05) is 40.1 Å². The number of halogens is 1. The number of hydrogen-bond acceptors (Lipinski definition) is 6. The molecule has 0 radical (unpaired) electrons. The molecule has 0 bridgehead atoms. The number of rotatable bonds is 6. The van der Waals surface area contributed by atoms with Gasteiger partial charge in [0.25, 0.3) is 5.95 Å². The van der Waals surface area contributed by atoms with Crippen LogP contribution in [0, 0.1) is 33.5 Å². The Balaban J connectivity index is 1.46. The van der Waals surface area contributed by atoms with Crippen molar-refractivity contribution in [2.45, 2.75) is 40.5 Å². The molecule has 3 aromatic heterocycles. The average molecular weight is 451 g/mol. The highest BCUT2D eigenvalue weighted by Gasteiger charge is 2.18. The molecule has 0 aliphatic rings. The highest BCUT2D eigenvalue weighted by atomic mass is 32.1. The topological polar surface area (TPSA) is 85.6 Å². The molecule has 3 heterocycles. The van der Waals surface area contributed by atoms with E-state index in [1.165, 1.54) is 17.4 Å². The zero-order valence-electron chi connectivity index (χ0n) is 18.3. The minimum atomic E-state index is -0.248. The van der Waals surface area contributed by atoms with Crippen molar-refractivity contribution >= 4 is 22.4 Å². The summed E-state index contributed by atoms with van der Waals surface area (Å²) in [6.07, 6.45) is 2.25. The first-order valence-electron chi connectivity index (χ1n) is 10.2. The van der Waals surface area contributed by atoms with Crippen molar-refractivity contribution in [3.05, 3.63) is 81.1 Å². The van der Waals surface area contributed by atoms with E-state index in [1.54, 1.807) is 29.1 Å². The van der Waals surface area contributed by atoms with Crippen molar-refractivity contribution in [1.82, 2.24) is 24.7 Å². The van der Waals surface area contributed by atoms with Gasteiger partial charge in [0.05, 0.1) is 12.1 Å². The lowest BCUT2D eigenvalue weighted by molar-refractivity contribution is -0.115. The number of carbonyl (C=O) groups is 1. The van der Waals surface area contributed by atoms with E-state index < -0.39 is 0 Å². The third-order valence-electron chi connectivity index (χ3n) is 5.06. The number of hydrogen-bond donors (Lipinski definition) is 1. The van der Waals surface area contributed by atoms with Gasteiger partial charge in [-0.05, 0) is 45.4 Å². The monoisotopic (exact) mass is 450 g/mol. The molecule has 164 valence electrons. The van der Waals surface area contributed by atoms with E-state index in [2.05, 4.69) is 25.4 Å². The Morgan fingerprint density at radius 1 is 1.12 bits per heavy atom. The number of aryl methyl sites for hydroxylation is 3. The summed E-state index contributed by atoms with van der Waals surface area (Å²) in [7, 11) is 0. The summed E-state index contributed by atoms with van der Waals surface area (Å²) >= 11 is 1.34. The zero-order valence-corrected chi connectivity index (χ0v) is 19.1. The Bertz CT molecular complexity index is 1280. The van der Waals surface area contributed by atoms with Gasteiger partial charge in [-0.1, -0.05) is 18.2 Å². The van der Waals surface area contributed by atoms with Crippen LogP contribution >= 0.6 is 11.3 Å². The molecule has 1 amide bonds. The van der Waals surface area contributed by atoms with Crippen LogP contribution in [0.2, 0.25) is 0 Å². The minimum Gasteiger partial charge on any atom is -0.302 e. The van der Waals surface area contributed by atoms with Gasteiger partial charge in [-0.25, -0.2) is 24.0 Å². The van der Waals surface area contributed by atoms with Crippen molar-refractivity contribution in [2.24, 2.45) is 0 Å². The van der Waals surface area contributed by atoms with Crippen LogP contribution in [-0.2, 0) is 17.6 Å². The maximum absolute atomic E-state index is 13.9. The molecule has 0 spiro atoms. The summed E-state index contributed by atoms with van der Waals surface area (Å²) in [6, 6.07) is 8.55. The Labute approximate surface area is 189 Å². The summed E-state index contributed by atoms with van der Waals surface area (Å²) < 4.78 is 15.6. The molecule has 7 nitrogen and oxygen atoms in total. The Kier molecular flexibility index (Phi) is 6.09. The standard InChI is InChI=1S/C23H23FN6OS/c1-13-9-14(2)27-22(26-13)30-16(4)19(15(3)29-30)11-21(31)28-23-25-12-18(32-23)10-17-7-5-6-8-20(17)24/h5-9,12H,10-11H2,1-4H3,(H,25,28,31). The molecule has 0 aliphatic carbocycles. The van der Waals surface area contributed by atoms with Crippen LogP contribution in [0.15, 0.2) is 36.5 Å². The molecule has 0 aliphatic heterocycles. The molecule has 0 unspecified atom stereocenters. The first kappa shape index (κ1) is 21.8. The summed E-state index contributed by atoms with van der Waals surface area (Å²) in [5.74, 6) is 0.0542. The molecule has 0 saturated carbocycles. The highest BCUT2D eigenvalue weighted by Crippen LogP contribution is 2.23. The molecule has 1 aromatic carbocycles. The van der Waals surface area contributed by atoms with Gasteiger partial charge in [0.15, 0.2) is 5.13 Å². The summed E-state index contributed by atoms with van der Waals surface area (Å²) in [5, 5.41) is 7.87. The number of aromatic nitrogens is 5. The van der Waals surface area contributed by atoms with Crippen molar-refractivity contribution in [2.75, 3.05) is 5.32 Å². The number of nitrogens with zero attached hydrogens (tertiary/aromatic N) is 5. The molecular weight excluding hydrogens is 427 g/mol. The van der Waals surface area contributed by atoms with Crippen molar-refractivity contribution in [3.63, 3.8) is 0 Å². The van der Waals surface area contributed by atoms with Gasteiger partial charge in [-0.15, -0.1) is 11.3 Å². The predicted octanol–water partition coefficient (Wildman–Crippen LogP) is 4.26. The molecule has 9 heteroatoms. The SMILES string of the molecule is Cc1cc(C)nc(-n2nc(C)c(CC(=O)Nc3ncc(Cc4ccccc4F)s3)c2C)n1. The Hall–Kier alpha value is -3.46. The summed E-state index contributed by atoms with van der Waals surface area (Å²) in [5.41, 5.74) is 4.71. The number of anilines is 1. The third-order valence-corrected chi connectivity index (χ3v) is 5.97. The maximum Gasteiger partial charge on any atom is 0.251 e. The van der Waals surface area contributed by atoms with Gasteiger partial charge in [0.2, 0.25) is 5.91 Å². The van der Waals surface area contributed by atoms with Gasteiger partial charge in [0.1, 0.15) is 5.82 Å². The van der Waals surface area contributed by atoms with Crippen molar-refractivity contribution in [1.29, 1.82) is 0 Å². The fraction of sp³-hybridized carbons (Fsp3) is 0.261. The maximum atomic E-state index is 13.9. The smallest absolute Gasteiger partial charge is 0.251 e. The second-order valence-electron chi connectivity index (χ2n) is 7.64. The van der Waals surface area contributed by atoms with E-state index in [-0.39, 0.29) is 18.1 Å². The van der Waals surface area contributed by atoms with E-state index in [0.717, 1.165) is 33.2 Å². The number of carbonyl (C=O) groups excluding carboxylic acids is 1. The van der Waals surface area contributed by atoms with Gasteiger partial charge in [-0.2, -0.15) is 5.10 Å². The molecule has 4 aromatic rings. The van der Waals surface area contributed by atoms with E-state index in [4.69, 9.17) is 0 Å². The van der Waals surface area contributed by atoms with Crippen LogP contribution < -0.4 is 5.32 Å². The lowest BCUT2D eigenvalue weighted by Crippen LogP contribution is -2.15. The normalized spacial score (nSPS) is 11.0. The predicted molar refractivity (Wildman–Crippen MR) is 122 cm³/mol. The number of amides is 1. The van der Waals surface area contributed by atoms with Crippen LogP contribution in [-0.4, -0.2) is 30.6 Å². The van der Waals surface area contributed by atoms with Crippen molar-refractivity contribution in [3.8, 4) is 5.95 Å². The van der Waals surface area contributed by atoms with E-state index >= 15 is 0 Å². The third kappa shape index (κ3) is 4.72. The Morgan fingerprint density at radius 2 is 1.84 bits per heavy atom. The molecule has 0 fully saturated rings. The van der Waals surface area contributed by atoms with Crippen LogP contribution in [0.3, 0.4) is 0 Å². The summed E-state index contributed by atoms with van der Waals surface area (Å²) in [6.45, 7) is 7.59. The van der Waals surface area contributed by atoms with Crippen LogP contribution in [0.25, 0.3) is 5.95 Å². The molecule has 0 atom stereocenters. The molecule has 4 rings (SSSR count). The fourth-order valence-electron chi connectivity index (χ4n) is 3.53. The largest absolute Gasteiger partial charge is 0.302 e. The molecule has 0 saturated heterocycles. The first-order valence-corrected chi connectivity index (χ1v) is 11.0. The van der Waals surface area contributed by atoms with Crippen LogP contribution in [0.5, 0.6) is 0 Å². The van der Waals surface area contributed by atoms with Crippen molar-refractivity contribution < 1.29 is 9.18 Å². The quantitative estimate of drug-likeness (QED) is 0.474. The second-order valence-corrected chi connectivity index (χ2v) is 8.75.